The number of hydrazone groups is 1. The van der Waals surface area contributed by atoms with Crippen molar-refractivity contribution in [2.75, 3.05) is 6.54 Å². The van der Waals surface area contributed by atoms with Gasteiger partial charge in [-0.3, -0.25) is 0 Å². The zero-order valence-corrected chi connectivity index (χ0v) is 8.70. The third-order valence-corrected chi connectivity index (χ3v) is 2.16. The Hall–Kier alpha value is -1.49. The topological polar surface area (TPSA) is 70.9 Å². The minimum atomic E-state index is 0.574. The van der Waals surface area contributed by atoms with Gasteiger partial charge in [0.1, 0.15) is 0 Å². The van der Waals surface area contributed by atoms with Crippen LogP contribution in [0.2, 0.25) is 0 Å². The van der Waals surface area contributed by atoms with Crippen LogP contribution in [0, 0.1) is 0 Å². The zero-order chi connectivity index (χ0) is 10.7. The average molecular weight is 195 g/mol. The van der Waals surface area contributed by atoms with Gasteiger partial charge in [-0.05, 0) is 13.3 Å². The summed E-state index contributed by atoms with van der Waals surface area (Å²) in [6.45, 7) is 8.10. The van der Waals surface area contributed by atoms with E-state index in [2.05, 4.69) is 11.7 Å². The lowest BCUT2D eigenvalue weighted by atomic mass is 10.2. The molecule has 1 aliphatic rings. The zero-order valence-electron chi connectivity index (χ0n) is 8.70. The molecule has 78 valence electrons. The Morgan fingerprint density at radius 3 is 2.71 bits per heavy atom. The van der Waals surface area contributed by atoms with Crippen LogP contribution in [0.15, 0.2) is 29.2 Å². The fourth-order valence-corrected chi connectivity index (χ4v) is 1.25. The van der Waals surface area contributed by atoms with Crippen LogP contribution >= 0.6 is 0 Å². The smallest absolute Gasteiger partial charge is 0.0871 e. The number of hydrogen-bond acceptors (Lipinski definition) is 5. The van der Waals surface area contributed by atoms with E-state index in [4.69, 9.17) is 11.6 Å². The third kappa shape index (κ3) is 1.72. The fourth-order valence-electron chi connectivity index (χ4n) is 1.25. The van der Waals surface area contributed by atoms with Gasteiger partial charge in [0, 0.05) is 0 Å². The van der Waals surface area contributed by atoms with E-state index in [1.165, 1.54) is 5.12 Å². The standard InChI is InChI=1S/C9H17N5/c1-4-6-13-12-8(5-2)9(10)7(3)14(13)11/h4H,1,5-6,10-11H2,2-3H3. The SMILES string of the molecule is C=CCN1N=C(CC)C(N)=C(C)N1N. The lowest BCUT2D eigenvalue weighted by Gasteiger charge is -2.34. The van der Waals surface area contributed by atoms with Gasteiger partial charge in [-0.15, -0.1) is 6.58 Å². The molecule has 1 aliphatic heterocycles. The minimum Gasteiger partial charge on any atom is -0.396 e. The molecule has 0 aromatic heterocycles. The van der Waals surface area contributed by atoms with E-state index >= 15 is 0 Å². The van der Waals surface area contributed by atoms with E-state index in [0.29, 0.717) is 12.2 Å². The van der Waals surface area contributed by atoms with Crippen LogP contribution in [0.25, 0.3) is 0 Å². The Morgan fingerprint density at radius 1 is 1.57 bits per heavy atom. The maximum Gasteiger partial charge on any atom is 0.0871 e. The summed E-state index contributed by atoms with van der Waals surface area (Å²) >= 11 is 0. The van der Waals surface area contributed by atoms with Crippen LogP contribution in [0.4, 0.5) is 0 Å². The lowest BCUT2D eigenvalue weighted by Crippen LogP contribution is -2.48. The fraction of sp³-hybridized carbons (Fsp3) is 0.444. The van der Waals surface area contributed by atoms with Crippen LogP contribution in [0.1, 0.15) is 20.3 Å². The molecule has 0 bridgehead atoms. The van der Waals surface area contributed by atoms with Gasteiger partial charge in [-0.25, -0.2) is 11.0 Å². The van der Waals surface area contributed by atoms with E-state index < -0.39 is 0 Å². The highest BCUT2D eigenvalue weighted by Gasteiger charge is 2.20. The van der Waals surface area contributed by atoms with Crippen LogP contribution in [-0.2, 0) is 0 Å². The Labute approximate surface area is 84.3 Å². The van der Waals surface area contributed by atoms with Crippen LogP contribution in [0.3, 0.4) is 0 Å². The summed E-state index contributed by atoms with van der Waals surface area (Å²) < 4.78 is 0. The molecular formula is C9H17N5. The van der Waals surface area contributed by atoms with Crippen LogP contribution < -0.4 is 11.6 Å². The molecule has 1 rings (SSSR count). The molecule has 0 aromatic rings. The van der Waals surface area contributed by atoms with Gasteiger partial charge in [0.15, 0.2) is 0 Å². The second kappa shape index (κ2) is 4.15. The molecule has 1 heterocycles. The molecule has 0 unspecified atom stereocenters. The van der Waals surface area contributed by atoms with Crippen LogP contribution in [0.5, 0.6) is 0 Å². The predicted octanol–water partition coefficient (Wildman–Crippen LogP) is 0.535. The van der Waals surface area contributed by atoms with Crippen molar-refractivity contribution in [1.29, 1.82) is 0 Å². The molecule has 0 fully saturated rings. The third-order valence-electron chi connectivity index (χ3n) is 2.16. The van der Waals surface area contributed by atoms with Gasteiger partial charge in [-0.2, -0.15) is 10.2 Å². The molecule has 0 atom stereocenters. The summed E-state index contributed by atoms with van der Waals surface area (Å²) in [5, 5.41) is 7.38. The summed E-state index contributed by atoms with van der Waals surface area (Å²) in [4.78, 5) is 0. The molecule has 0 amide bonds. The summed E-state index contributed by atoms with van der Waals surface area (Å²) in [6.07, 6.45) is 2.54. The van der Waals surface area contributed by atoms with Crippen molar-refractivity contribution in [3.63, 3.8) is 0 Å². The summed E-state index contributed by atoms with van der Waals surface area (Å²) in [5.74, 6) is 5.78. The van der Waals surface area contributed by atoms with E-state index in [0.717, 1.165) is 17.8 Å². The van der Waals surface area contributed by atoms with Crippen molar-refractivity contribution in [3.05, 3.63) is 24.0 Å². The maximum atomic E-state index is 5.86. The van der Waals surface area contributed by atoms with Crippen LogP contribution in [-0.4, -0.2) is 22.5 Å². The molecule has 5 heteroatoms. The monoisotopic (exact) mass is 195 g/mol. The normalized spacial score (nSPS) is 17.2. The first-order valence-corrected chi connectivity index (χ1v) is 4.59. The predicted molar refractivity (Wildman–Crippen MR) is 57.5 cm³/mol. The van der Waals surface area contributed by atoms with Crippen molar-refractivity contribution in [2.24, 2.45) is 16.7 Å². The van der Waals surface area contributed by atoms with E-state index in [-0.39, 0.29) is 0 Å². The Bertz CT molecular complexity index is 292. The Balaban J connectivity index is 2.97. The largest absolute Gasteiger partial charge is 0.396 e. The summed E-state index contributed by atoms with van der Waals surface area (Å²) in [5.41, 5.74) is 8.20. The van der Waals surface area contributed by atoms with Gasteiger partial charge in [0.25, 0.3) is 0 Å². The Morgan fingerprint density at radius 2 is 2.21 bits per heavy atom. The number of hydrogen-bond donors (Lipinski definition) is 2. The van der Waals surface area contributed by atoms with Crippen molar-refractivity contribution in [3.8, 4) is 0 Å². The minimum absolute atomic E-state index is 0.574. The van der Waals surface area contributed by atoms with Gasteiger partial charge in [-0.1, -0.05) is 13.0 Å². The lowest BCUT2D eigenvalue weighted by molar-refractivity contribution is 0.0168. The highest BCUT2D eigenvalue weighted by molar-refractivity contribution is 5.99. The first kappa shape index (κ1) is 10.6. The Kier molecular flexibility index (Phi) is 3.14. The number of hydrazine groups is 2. The average Bonchev–Trinajstić information content (AvgIpc) is 2.19. The second-order valence-corrected chi connectivity index (χ2v) is 3.09. The molecular weight excluding hydrogens is 178 g/mol. The van der Waals surface area contributed by atoms with Gasteiger partial charge < -0.3 is 5.73 Å². The molecule has 5 nitrogen and oxygen atoms in total. The van der Waals surface area contributed by atoms with E-state index in [1.807, 2.05) is 13.8 Å². The van der Waals surface area contributed by atoms with Crippen molar-refractivity contribution >= 4 is 5.71 Å². The highest BCUT2D eigenvalue weighted by atomic mass is 15.9. The molecule has 4 N–H and O–H groups in total. The van der Waals surface area contributed by atoms with Gasteiger partial charge in [0.2, 0.25) is 0 Å². The van der Waals surface area contributed by atoms with Crippen molar-refractivity contribution < 1.29 is 0 Å². The molecule has 0 saturated heterocycles. The maximum absolute atomic E-state index is 5.86. The van der Waals surface area contributed by atoms with Crippen molar-refractivity contribution in [1.82, 2.24) is 10.2 Å². The van der Waals surface area contributed by atoms with E-state index in [1.54, 1.807) is 11.2 Å². The molecule has 14 heavy (non-hydrogen) atoms. The van der Waals surface area contributed by atoms with E-state index in [9.17, 15) is 0 Å². The van der Waals surface area contributed by atoms with Gasteiger partial charge >= 0.3 is 0 Å². The van der Waals surface area contributed by atoms with Crippen molar-refractivity contribution in [2.45, 2.75) is 20.3 Å². The second-order valence-electron chi connectivity index (χ2n) is 3.09. The van der Waals surface area contributed by atoms with Gasteiger partial charge in [0.05, 0.1) is 23.7 Å². The molecule has 0 radical (unpaired) electrons. The summed E-state index contributed by atoms with van der Waals surface area (Å²) in [7, 11) is 0. The molecule has 0 saturated carbocycles. The quantitative estimate of drug-likeness (QED) is 0.509. The summed E-state index contributed by atoms with van der Waals surface area (Å²) in [6, 6.07) is 0. The first-order chi connectivity index (χ1) is 6.61. The number of nitrogens with two attached hydrogens (primary N) is 2. The number of allylic oxidation sites excluding steroid dienone is 2. The number of rotatable bonds is 3. The number of nitrogens with zero attached hydrogens (tertiary/aromatic N) is 3. The molecule has 0 aromatic carbocycles. The molecule has 0 aliphatic carbocycles. The highest BCUT2D eigenvalue weighted by Crippen LogP contribution is 2.15. The first-order valence-electron chi connectivity index (χ1n) is 4.59. The molecule has 0 spiro atoms.